The first-order valence-corrected chi connectivity index (χ1v) is 10.5. The Labute approximate surface area is 201 Å². The van der Waals surface area contributed by atoms with E-state index in [4.69, 9.17) is 0 Å². The van der Waals surface area contributed by atoms with Crippen LogP contribution in [0.25, 0.3) is 0 Å². The third-order valence-electron chi connectivity index (χ3n) is 5.76. The summed E-state index contributed by atoms with van der Waals surface area (Å²) in [6, 6.07) is 4.60. The zero-order chi connectivity index (χ0) is 26.9. The van der Waals surface area contributed by atoms with Crippen molar-refractivity contribution in [3.63, 3.8) is 0 Å². The molecule has 0 saturated carbocycles. The highest BCUT2D eigenvalue weighted by atomic mass is 19.4. The Bertz CT molecular complexity index is 1210. The summed E-state index contributed by atoms with van der Waals surface area (Å²) in [5, 5.41) is 0. The number of allylic oxidation sites excluding steroid dienone is 3. The standard InChI is InChI=1S/C25H20F8N2O/c1-15-8-19(26)4-5-20(15)23(6-3-7-34-13-21(23)27)12-22(36)35(2)14-16-9-17(24(28,29)30)11-18(10-16)25(31,32)33/h3-11,13H,12,14H2,1-2H3. The van der Waals surface area contributed by atoms with Crippen LogP contribution in [-0.4, -0.2) is 24.1 Å². The molecule has 3 rings (SSSR count). The Balaban J connectivity index is 1.97. The van der Waals surface area contributed by atoms with Crippen LogP contribution in [0.15, 0.2) is 65.6 Å². The summed E-state index contributed by atoms with van der Waals surface area (Å²) in [4.78, 5) is 17.8. The SMILES string of the molecule is Cc1cc(F)ccc1C1(CC(=O)N(C)Cc2cc(C(F)(F)F)cc(C(F)(F)F)c2)C=CC=NC=C1F. The van der Waals surface area contributed by atoms with Crippen LogP contribution in [-0.2, 0) is 29.1 Å². The zero-order valence-electron chi connectivity index (χ0n) is 19.0. The van der Waals surface area contributed by atoms with Gasteiger partial charge in [0.1, 0.15) is 11.6 Å². The molecule has 0 N–H and O–H groups in total. The van der Waals surface area contributed by atoms with E-state index in [1.54, 1.807) is 0 Å². The van der Waals surface area contributed by atoms with E-state index in [9.17, 15) is 35.5 Å². The maximum atomic E-state index is 15.3. The van der Waals surface area contributed by atoms with Crippen LogP contribution in [0.2, 0.25) is 0 Å². The number of rotatable bonds is 5. The summed E-state index contributed by atoms with van der Waals surface area (Å²) in [5.74, 6) is -2.21. The number of nitrogens with zero attached hydrogens (tertiary/aromatic N) is 2. The molecule has 1 heterocycles. The van der Waals surface area contributed by atoms with Crippen molar-refractivity contribution in [3.8, 4) is 0 Å². The fourth-order valence-electron chi connectivity index (χ4n) is 3.99. The number of alkyl halides is 6. The lowest BCUT2D eigenvalue weighted by molar-refractivity contribution is -0.143. The average molecular weight is 516 g/mol. The minimum absolute atomic E-state index is 0.00583. The Morgan fingerprint density at radius 1 is 0.972 bits per heavy atom. The summed E-state index contributed by atoms with van der Waals surface area (Å²) in [5.41, 5.74) is -4.57. The number of aliphatic imine (C=N–C) groups is 1. The minimum atomic E-state index is -5.04. The van der Waals surface area contributed by atoms with Crippen molar-refractivity contribution in [2.45, 2.75) is 37.7 Å². The van der Waals surface area contributed by atoms with Crippen LogP contribution in [0, 0.1) is 12.7 Å². The Morgan fingerprint density at radius 3 is 2.14 bits per heavy atom. The number of hydrogen-bond acceptors (Lipinski definition) is 2. The van der Waals surface area contributed by atoms with Gasteiger partial charge in [0, 0.05) is 26.2 Å². The van der Waals surface area contributed by atoms with Gasteiger partial charge in [-0.1, -0.05) is 12.1 Å². The number of carbonyl (C=O) groups is 1. The minimum Gasteiger partial charge on any atom is -0.341 e. The first-order valence-electron chi connectivity index (χ1n) is 10.5. The molecule has 1 aliphatic heterocycles. The molecule has 2 aromatic carbocycles. The van der Waals surface area contributed by atoms with Crippen LogP contribution in [0.1, 0.15) is 34.2 Å². The molecule has 1 atom stereocenters. The largest absolute Gasteiger partial charge is 0.416 e. The van der Waals surface area contributed by atoms with E-state index in [1.165, 1.54) is 38.4 Å². The van der Waals surface area contributed by atoms with E-state index in [0.717, 1.165) is 23.2 Å². The lowest BCUT2D eigenvalue weighted by Crippen LogP contribution is -2.36. The van der Waals surface area contributed by atoms with Crippen molar-refractivity contribution in [1.82, 2.24) is 4.90 Å². The highest BCUT2D eigenvalue weighted by molar-refractivity contribution is 5.81. The monoisotopic (exact) mass is 516 g/mol. The molecule has 0 fully saturated rings. The van der Waals surface area contributed by atoms with E-state index in [1.807, 2.05) is 0 Å². The first-order chi connectivity index (χ1) is 16.6. The van der Waals surface area contributed by atoms with E-state index >= 15 is 4.39 Å². The predicted octanol–water partition coefficient (Wildman–Crippen LogP) is 6.91. The van der Waals surface area contributed by atoms with Gasteiger partial charge in [-0.15, -0.1) is 0 Å². The molecule has 1 amide bonds. The summed E-state index contributed by atoms with van der Waals surface area (Å²) in [7, 11) is 1.18. The summed E-state index contributed by atoms with van der Waals surface area (Å²) < 4.78 is 108. The van der Waals surface area contributed by atoms with Crippen LogP contribution in [0.4, 0.5) is 35.1 Å². The number of aryl methyl sites for hydroxylation is 1. The first kappa shape index (κ1) is 27.1. The second-order valence-electron chi connectivity index (χ2n) is 8.41. The van der Waals surface area contributed by atoms with Crippen LogP contribution in [0.5, 0.6) is 0 Å². The predicted molar refractivity (Wildman–Crippen MR) is 117 cm³/mol. The normalized spacial score (nSPS) is 18.1. The molecule has 11 heteroatoms. The van der Waals surface area contributed by atoms with Gasteiger partial charge in [-0.25, -0.2) is 8.78 Å². The van der Waals surface area contributed by atoms with Gasteiger partial charge in [0.2, 0.25) is 5.91 Å². The van der Waals surface area contributed by atoms with Gasteiger partial charge in [0.05, 0.1) is 22.7 Å². The maximum absolute atomic E-state index is 15.3. The zero-order valence-corrected chi connectivity index (χ0v) is 19.0. The van der Waals surface area contributed by atoms with E-state index in [2.05, 4.69) is 4.99 Å². The molecule has 0 radical (unpaired) electrons. The fourth-order valence-corrected chi connectivity index (χ4v) is 3.99. The van der Waals surface area contributed by atoms with E-state index in [-0.39, 0.29) is 11.6 Å². The second-order valence-corrected chi connectivity index (χ2v) is 8.41. The van der Waals surface area contributed by atoms with Gasteiger partial charge in [-0.05, 0) is 60.0 Å². The van der Waals surface area contributed by atoms with Gasteiger partial charge in [-0.2, -0.15) is 26.3 Å². The van der Waals surface area contributed by atoms with Gasteiger partial charge >= 0.3 is 12.4 Å². The molecule has 3 nitrogen and oxygen atoms in total. The van der Waals surface area contributed by atoms with Gasteiger partial charge < -0.3 is 4.90 Å². The van der Waals surface area contributed by atoms with Crippen LogP contribution < -0.4 is 0 Å². The molecular formula is C25H20F8N2O. The quantitative estimate of drug-likeness (QED) is 0.398. The van der Waals surface area contributed by atoms with Crippen molar-refractivity contribution in [2.75, 3.05) is 7.05 Å². The third kappa shape index (κ3) is 5.83. The smallest absolute Gasteiger partial charge is 0.341 e. The topological polar surface area (TPSA) is 32.7 Å². The van der Waals surface area contributed by atoms with Crippen molar-refractivity contribution < 1.29 is 39.9 Å². The molecule has 1 aliphatic rings. The van der Waals surface area contributed by atoms with E-state index < -0.39 is 65.0 Å². The molecule has 192 valence electrons. The van der Waals surface area contributed by atoms with Gasteiger partial charge in [0.25, 0.3) is 0 Å². The molecule has 0 saturated heterocycles. The van der Waals surface area contributed by atoms with E-state index in [0.29, 0.717) is 17.7 Å². The van der Waals surface area contributed by atoms with Crippen molar-refractivity contribution in [3.05, 3.63) is 94.2 Å². The molecule has 0 aliphatic carbocycles. The molecule has 2 aromatic rings. The third-order valence-corrected chi connectivity index (χ3v) is 5.76. The number of halogens is 8. The van der Waals surface area contributed by atoms with Crippen molar-refractivity contribution >= 4 is 12.1 Å². The molecule has 36 heavy (non-hydrogen) atoms. The average Bonchev–Trinajstić information content (AvgIpc) is 2.94. The van der Waals surface area contributed by atoms with Gasteiger partial charge in [0.15, 0.2) is 0 Å². The molecular weight excluding hydrogens is 496 g/mol. The number of carbonyl (C=O) groups excluding carboxylic acids is 1. The van der Waals surface area contributed by atoms with Crippen LogP contribution >= 0.6 is 0 Å². The highest BCUT2D eigenvalue weighted by Gasteiger charge is 2.40. The Kier molecular flexibility index (Phi) is 7.42. The number of hydrogen-bond donors (Lipinski definition) is 0. The molecule has 0 aromatic heterocycles. The highest BCUT2D eigenvalue weighted by Crippen LogP contribution is 2.42. The summed E-state index contributed by atoms with van der Waals surface area (Å²) in [6.07, 6.45) is -5.75. The van der Waals surface area contributed by atoms with Crippen LogP contribution in [0.3, 0.4) is 0 Å². The lowest BCUT2D eigenvalue weighted by Gasteiger charge is -2.32. The molecule has 0 spiro atoms. The van der Waals surface area contributed by atoms with Crippen molar-refractivity contribution in [1.29, 1.82) is 0 Å². The Morgan fingerprint density at radius 2 is 1.58 bits per heavy atom. The van der Waals surface area contributed by atoms with Crippen molar-refractivity contribution in [2.24, 2.45) is 4.99 Å². The Hall–Kier alpha value is -3.50. The summed E-state index contributed by atoms with van der Waals surface area (Å²) in [6.45, 7) is 0.915. The number of benzene rings is 2. The molecule has 1 unspecified atom stereocenters. The fraction of sp³-hybridized carbons (Fsp3) is 0.280. The second kappa shape index (κ2) is 9.87. The van der Waals surface area contributed by atoms with Gasteiger partial charge in [-0.3, -0.25) is 9.79 Å². The lowest BCUT2D eigenvalue weighted by atomic mass is 9.74. The maximum Gasteiger partial charge on any atom is 0.416 e. The summed E-state index contributed by atoms with van der Waals surface area (Å²) >= 11 is 0. The number of amides is 1. The molecule has 0 bridgehead atoms.